The number of fused-ring (bicyclic) bond motifs is 1. The molecule has 0 unspecified atom stereocenters. The lowest BCUT2D eigenvalue weighted by Gasteiger charge is -2.37. The summed E-state index contributed by atoms with van der Waals surface area (Å²) in [5.74, 6) is -0.187. The zero-order valence-electron chi connectivity index (χ0n) is 30.0. The van der Waals surface area contributed by atoms with Gasteiger partial charge in [0.05, 0.1) is 11.4 Å². The number of hydrogen-bond acceptors (Lipinski definition) is 4. The molecule has 7 rings (SSSR count). The molecule has 1 atom stereocenters. The van der Waals surface area contributed by atoms with Crippen molar-refractivity contribution in [2.75, 3.05) is 18.4 Å². The van der Waals surface area contributed by atoms with E-state index < -0.39 is 23.2 Å². The summed E-state index contributed by atoms with van der Waals surface area (Å²) in [6.45, 7) is 8.37. The maximum Gasteiger partial charge on any atom is 0.410 e. The minimum absolute atomic E-state index is 0.191. The number of rotatable bonds is 7. The number of likely N-dealkylation sites (tertiary alicyclic amines) is 1. The number of amides is 2. The summed E-state index contributed by atoms with van der Waals surface area (Å²) in [6.07, 6.45) is 0.940. The number of nitrogens with one attached hydrogen (secondary N) is 1. The van der Waals surface area contributed by atoms with Gasteiger partial charge < -0.3 is 15.0 Å². The van der Waals surface area contributed by atoms with E-state index in [-0.39, 0.29) is 12.5 Å². The number of benzene rings is 5. The first kappa shape index (κ1) is 35.0. The Hall–Kier alpha value is -5.40. The third-order valence-corrected chi connectivity index (χ3v) is 10.0. The molecule has 6 aromatic rings. The fourth-order valence-corrected chi connectivity index (χ4v) is 7.64. The largest absolute Gasteiger partial charge is 0.444 e. The molecule has 1 aliphatic rings. The van der Waals surface area contributed by atoms with Crippen molar-refractivity contribution < 1.29 is 14.3 Å². The molecule has 1 aliphatic heterocycles. The van der Waals surface area contributed by atoms with Crippen LogP contribution in [0.25, 0.3) is 22.0 Å². The van der Waals surface area contributed by atoms with Gasteiger partial charge in [0, 0.05) is 29.1 Å². The average Bonchev–Trinajstić information content (AvgIpc) is 3.50. The molecule has 8 heteroatoms. The Balaban J connectivity index is 1.41. The highest BCUT2D eigenvalue weighted by Gasteiger charge is 2.41. The molecule has 0 bridgehead atoms. The van der Waals surface area contributed by atoms with Crippen LogP contribution in [0.3, 0.4) is 0 Å². The first-order valence-corrected chi connectivity index (χ1v) is 18.2. The highest BCUT2D eigenvalue weighted by Crippen LogP contribution is 2.44. The Kier molecular flexibility index (Phi) is 9.64. The molecular weight excluding hydrogens is 668 g/mol. The van der Waals surface area contributed by atoms with Crippen molar-refractivity contribution >= 4 is 40.3 Å². The normalized spacial score (nSPS) is 15.0. The topological polar surface area (TPSA) is 76.5 Å². The van der Waals surface area contributed by atoms with Crippen LogP contribution in [-0.4, -0.2) is 45.4 Å². The van der Waals surface area contributed by atoms with Crippen LogP contribution in [0.2, 0.25) is 5.02 Å². The van der Waals surface area contributed by atoms with E-state index in [0.29, 0.717) is 30.2 Å². The van der Waals surface area contributed by atoms with Crippen molar-refractivity contribution in [2.45, 2.75) is 51.7 Å². The zero-order chi connectivity index (χ0) is 36.5. The lowest BCUT2D eigenvalue weighted by Crippen LogP contribution is -2.45. The van der Waals surface area contributed by atoms with E-state index in [9.17, 15) is 9.59 Å². The fraction of sp³-hybridized carbons (Fsp3) is 0.250. The molecule has 1 N–H and O–H groups in total. The Morgan fingerprint density at radius 2 is 1.40 bits per heavy atom. The number of hydrogen-bond donors (Lipinski definition) is 1. The molecule has 0 saturated carbocycles. The molecular formula is C44H43ClN4O3. The Morgan fingerprint density at radius 1 is 0.808 bits per heavy atom. The van der Waals surface area contributed by atoms with Gasteiger partial charge >= 0.3 is 6.09 Å². The molecule has 0 spiro atoms. The summed E-state index contributed by atoms with van der Waals surface area (Å²) >= 11 is 6.81. The van der Waals surface area contributed by atoms with Crippen LogP contribution in [0.5, 0.6) is 0 Å². The number of carbonyl (C=O) groups excluding carboxylic acids is 2. The van der Waals surface area contributed by atoms with E-state index in [4.69, 9.17) is 21.4 Å². The van der Waals surface area contributed by atoms with Crippen molar-refractivity contribution in [3.63, 3.8) is 0 Å². The molecule has 264 valence electrons. The molecule has 1 aromatic heterocycles. The smallest absolute Gasteiger partial charge is 0.410 e. The quantitative estimate of drug-likeness (QED) is 0.167. The van der Waals surface area contributed by atoms with Crippen molar-refractivity contribution in [3.05, 3.63) is 155 Å². The molecule has 0 radical (unpaired) electrons. The Bertz CT molecular complexity index is 2110. The first-order chi connectivity index (χ1) is 25.0. The molecule has 2 heterocycles. The van der Waals surface area contributed by atoms with Crippen molar-refractivity contribution in [1.29, 1.82) is 0 Å². The molecule has 1 saturated heterocycles. The van der Waals surface area contributed by atoms with Gasteiger partial charge in [0.25, 0.3) is 0 Å². The summed E-state index contributed by atoms with van der Waals surface area (Å²) in [5, 5.41) is 10.00. The van der Waals surface area contributed by atoms with Crippen LogP contribution in [0, 0.1) is 12.8 Å². The first-order valence-electron chi connectivity index (χ1n) is 17.8. The van der Waals surface area contributed by atoms with Crippen LogP contribution < -0.4 is 5.32 Å². The van der Waals surface area contributed by atoms with Gasteiger partial charge in [-0.3, -0.25) is 4.79 Å². The molecule has 5 aromatic carbocycles. The standard InChI is InChI=1S/C44H43ClN4O3/c1-30-22-24-36(38(45)27-30)31-23-25-39-37(28-31)40(46-41(50)32-15-14-26-48(29-32)42(51)52-43(2,3)4)47-49(39)44(33-16-8-5-9-17-33,34-18-10-6-11-19-34)35-20-12-7-13-21-35/h5-13,16-25,27-28,32H,14-15,26,29H2,1-4H3,(H,46,47,50)/t32-/m0/s1. The SMILES string of the molecule is Cc1ccc(-c2ccc3c(c2)c(NC(=O)[C@H]2CCCN(C(=O)OC(C)(C)C)C2)nn3C(c2ccccc2)(c2ccccc2)c2ccccc2)c(Cl)c1. The van der Waals surface area contributed by atoms with E-state index in [1.807, 2.05) is 105 Å². The summed E-state index contributed by atoms with van der Waals surface area (Å²) in [6, 6.07) is 43.3. The molecule has 52 heavy (non-hydrogen) atoms. The maximum atomic E-state index is 14.2. The minimum Gasteiger partial charge on any atom is -0.444 e. The van der Waals surface area contributed by atoms with Gasteiger partial charge in [0.1, 0.15) is 11.1 Å². The van der Waals surface area contributed by atoms with Crippen LogP contribution in [0.15, 0.2) is 127 Å². The predicted octanol–water partition coefficient (Wildman–Crippen LogP) is 10.1. The molecule has 2 amide bonds. The Labute approximate surface area is 310 Å². The lowest BCUT2D eigenvalue weighted by molar-refractivity contribution is -0.121. The summed E-state index contributed by atoms with van der Waals surface area (Å²) in [5.41, 5.74) is 5.21. The van der Waals surface area contributed by atoms with Crippen LogP contribution in [0.1, 0.15) is 55.9 Å². The van der Waals surface area contributed by atoms with Gasteiger partial charge in [-0.25, -0.2) is 9.48 Å². The van der Waals surface area contributed by atoms with Gasteiger partial charge in [-0.15, -0.1) is 0 Å². The highest BCUT2D eigenvalue weighted by molar-refractivity contribution is 6.33. The summed E-state index contributed by atoms with van der Waals surface area (Å²) in [4.78, 5) is 28.9. The second-order valence-electron chi connectivity index (χ2n) is 14.5. The number of anilines is 1. The number of nitrogens with zero attached hydrogens (tertiary/aromatic N) is 3. The number of carbonyl (C=O) groups is 2. The second kappa shape index (κ2) is 14.3. The number of piperidine rings is 1. The zero-order valence-corrected chi connectivity index (χ0v) is 30.7. The van der Waals surface area contributed by atoms with Crippen molar-refractivity contribution in [3.8, 4) is 11.1 Å². The molecule has 7 nitrogen and oxygen atoms in total. The van der Waals surface area contributed by atoms with E-state index in [0.717, 1.165) is 44.3 Å². The lowest BCUT2D eigenvalue weighted by atomic mass is 9.77. The van der Waals surface area contributed by atoms with Gasteiger partial charge in [-0.2, -0.15) is 5.10 Å². The van der Waals surface area contributed by atoms with Crippen molar-refractivity contribution in [2.24, 2.45) is 5.92 Å². The third kappa shape index (κ3) is 6.81. The second-order valence-corrected chi connectivity index (χ2v) is 14.9. The molecule has 0 aliphatic carbocycles. The summed E-state index contributed by atoms with van der Waals surface area (Å²) < 4.78 is 7.70. The van der Waals surface area contributed by atoms with E-state index in [1.165, 1.54) is 0 Å². The van der Waals surface area contributed by atoms with Crippen LogP contribution in [-0.2, 0) is 15.1 Å². The van der Waals surface area contributed by atoms with Crippen LogP contribution >= 0.6 is 11.6 Å². The molecule has 1 fully saturated rings. The number of aromatic nitrogens is 2. The summed E-state index contributed by atoms with van der Waals surface area (Å²) in [7, 11) is 0. The number of ether oxygens (including phenoxy) is 1. The van der Waals surface area contributed by atoms with Crippen molar-refractivity contribution in [1.82, 2.24) is 14.7 Å². The van der Waals surface area contributed by atoms with Gasteiger partial charge in [0.15, 0.2) is 5.82 Å². The minimum atomic E-state index is -0.910. The third-order valence-electron chi connectivity index (χ3n) is 9.69. The average molecular weight is 711 g/mol. The van der Waals surface area contributed by atoms with E-state index >= 15 is 0 Å². The monoisotopic (exact) mass is 710 g/mol. The van der Waals surface area contributed by atoms with Gasteiger partial charge in [-0.05, 0) is 86.6 Å². The van der Waals surface area contributed by atoms with Crippen LogP contribution in [0.4, 0.5) is 10.6 Å². The van der Waals surface area contributed by atoms with E-state index in [2.05, 4.69) is 59.9 Å². The fourth-order valence-electron chi connectivity index (χ4n) is 7.30. The predicted molar refractivity (Wildman–Crippen MR) is 209 cm³/mol. The number of halogens is 1. The Morgan fingerprint density at radius 3 is 1.96 bits per heavy atom. The van der Waals surface area contributed by atoms with Gasteiger partial charge in [0.2, 0.25) is 5.91 Å². The highest BCUT2D eigenvalue weighted by atomic mass is 35.5. The maximum absolute atomic E-state index is 14.2. The number of aryl methyl sites for hydroxylation is 1. The van der Waals surface area contributed by atoms with E-state index in [1.54, 1.807) is 4.90 Å². The van der Waals surface area contributed by atoms with Gasteiger partial charge in [-0.1, -0.05) is 121 Å².